The van der Waals surface area contributed by atoms with Crippen molar-refractivity contribution in [2.45, 2.75) is 6.92 Å². The van der Waals surface area contributed by atoms with Gasteiger partial charge >= 0.3 is 5.69 Å². The number of hydrogen-bond acceptors (Lipinski definition) is 9. The Morgan fingerprint density at radius 2 is 1.87 bits per heavy atom. The van der Waals surface area contributed by atoms with Crippen LogP contribution in [-0.4, -0.2) is 41.5 Å². The molecule has 0 spiro atoms. The van der Waals surface area contributed by atoms with Gasteiger partial charge in [0.05, 0.1) is 17.7 Å². The van der Waals surface area contributed by atoms with Gasteiger partial charge in [-0.25, -0.2) is 5.43 Å². The summed E-state index contributed by atoms with van der Waals surface area (Å²) < 4.78 is 15.9. The number of hydrogen-bond donors (Lipinski definition) is 3. The first-order valence-electron chi connectivity index (χ1n) is 11.3. The Morgan fingerprint density at radius 1 is 1.11 bits per heavy atom. The van der Waals surface area contributed by atoms with Gasteiger partial charge in [-0.2, -0.15) is 5.10 Å². The van der Waals surface area contributed by atoms with Crippen LogP contribution in [-0.2, 0) is 4.79 Å². The van der Waals surface area contributed by atoms with Gasteiger partial charge in [0.25, 0.3) is 11.8 Å². The molecule has 194 valence electrons. The van der Waals surface area contributed by atoms with E-state index >= 15 is 0 Å². The molecule has 0 aromatic heterocycles. The summed E-state index contributed by atoms with van der Waals surface area (Å²) in [6.07, 6.45) is 2.58. The minimum atomic E-state index is -0.765. The lowest BCUT2D eigenvalue weighted by Crippen LogP contribution is -2.32. The summed E-state index contributed by atoms with van der Waals surface area (Å²) in [6, 6.07) is 15.7. The van der Waals surface area contributed by atoms with Gasteiger partial charge in [-0.1, -0.05) is 24.3 Å². The molecule has 12 nitrogen and oxygen atoms in total. The molecule has 0 saturated heterocycles. The Bertz CT molecular complexity index is 1440. The van der Waals surface area contributed by atoms with Crippen LogP contribution < -0.4 is 25.0 Å². The molecule has 2 amide bonds. The third-order valence-electron chi connectivity index (χ3n) is 5.19. The molecule has 0 atom stereocenters. The number of fused-ring (bicyclic) bond motifs is 1. The maximum atomic E-state index is 13.0. The summed E-state index contributed by atoms with van der Waals surface area (Å²) in [5.74, 6) is -0.956. The van der Waals surface area contributed by atoms with Crippen LogP contribution in [0.4, 0.5) is 5.69 Å². The topological polar surface area (TPSA) is 162 Å². The molecule has 3 aromatic rings. The number of ether oxygens (including phenoxy) is 3. The molecule has 3 aromatic carbocycles. The Hall–Kier alpha value is -5.39. The zero-order valence-corrected chi connectivity index (χ0v) is 20.0. The molecule has 1 aliphatic heterocycles. The van der Waals surface area contributed by atoms with E-state index in [2.05, 4.69) is 15.8 Å². The van der Waals surface area contributed by atoms with E-state index in [1.165, 1.54) is 12.1 Å². The number of nitrogens with one attached hydrogen (secondary N) is 2. The first-order chi connectivity index (χ1) is 18.4. The summed E-state index contributed by atoms with van der Waals surface area (Å²) in [4.78, 5) is 36.3. The quantitative estimate of drug-likeness (QED) is 0.168. The average Bonchev–Trinajstić information content (AvgIpc) is 3.38. The molecular formula is C26H22N4O8. The number of amides is 2. The van der Waals surface area contributed by atoms with Gasteiger partial charge in [-0.3, -0.25) is 19.7 Å². The van der Waals surface area contributed by atoms with Crippen molar-refractivity contribution >= 4 is 29.8 Å². The molecule has 0 unspecified atom stereocenters. The average molecular weight is 518 g/mol. The van der Waals surface area contributed by atoms with E-state index in [9.17, 15) is 24.8 Å². The van der Waals surface area contributed by atoms with Gasteiger partial charge in [0, 0.05) is 17.2 Å². The number of aromatic hydroxyl groups is 1. The number of nitro groups is 1. The van der Waals surface area contributed by atoms with Crippen molar-refractivity contribution in [2.75, 3.05) is 13.4 Å². The Labute approximate surface area is 216 Å². The van der Waals surface area contributed by atoms with E-state index in [1.54, 1.807) is 55.5 Å². The van der Waals surface area contributed by atoms with Gasteiger partial charge in [0.15, 0.2) is 17.2 Å². The fraction of sp³-hybridized carbons (Fsp3) is 0.115. The number of nitrogens with zero attached hydrogens (tertiary/aromatic N) is 2. The lowest BCUT2D eigenvalue weighted by molar-refractivity contribution is -0.386. The second-order valence-electron chi connectivity index (χ2n) is 7.77. The van der Waals surface area contributed by atoms with Crippen LogP contribution in [0.5, 0.6) is 23.0 Å². The van der Waals surface area contributed by atoms with E-state index in [-0.39, 0.29) is 30.4 Å². The lowest BCUT2D eigenvalue weighted by Gasteiger charge is -2.10. The molecule has 3 N–H and O–H groups in total. The number of benzene rings is 3. The zero-order chi connectivity index (χ0) is 27.1. The number of rotatable bonds is 9. The molecule has 1 aliphatic rings. The monoisotopic (exact) mass is 518 g/mol. The van der Waals surface area contributed by atoms with Crippen LogP contribution in [0.3, 0.4) is 0 Å². The third-order valence-corrected chi connectivity index (χ3v) is 5.19. The predicted molar refractivity (Wildman–Crippen MR) is 136 cm³/mol. The molecule has 1 heterocycles. The molecular weight excluding hydrogens is 496 g/mol. The van der Waals surface area contributed by atoms with Gasteiger partial charge in [-0.15, -0.1) is 0 Å². The van der Waals surface area contributed by atoms with Crippen molar-refractivity contribution in [3.05, 3.63) is 93.2 Å². The van der Waals surface area contributed by atoms with Crippen molar-refractivity contribution in [1.82, 2.24) is 10.7 Å². The van der Waals surface area contributed by atoms with E-state index < -0.39 is 28.2 Å². The molecule has 12 heteroatoms. The largest absolute Gasteiger partial charge is 0.500 e. The normalized spacial score (nSPS) is 12.3. The van der Waals surface area contributed by atoms with E-state index in [4.69, 9.17) is 14.2 Å². The van der Waals surface area contributed by atoms with Crippen LogP contribution in [0.15, 0.2) is 71.5 Å². The van der Waals surface area contributed by atoms with Gasteiger partial charge in [0.2, 0.25) is 12.5 Å². The minimum Gasteiger partial charge on any atom is -0.500 e. The molecule has 4 rings (SSSR count). The number of hydrazone groups is 1. The zero-order valence-electron chi connectivity index (χ0n) is 20.0. The smallest absolute Gasteiger partial charge is 0.315 e. The van der Waals surface area contributed by atoms with E-state index in [0.29, 0.717) is 22.6 Å². The number of nitro benzene ring substituents is 1. The van der Waals surface area contributed by atoms with Gasteiger partial charge in [0.1, 0.15) is 5.70 Å². The van der Waals surface area contributed by atoms with Gasteiger partial charge in [-0.05, 0) is 48.9 Å². The second kappa shape index (κ2) is 11.6. The third kappa shape index (κ3) is 6.05. The maximum absolute atomic E-state index is 13.0. The fourth-order valence-corrected chi connectivity index (χ4v) is 3.43. The molecule has 38 heavy (non-hydrogen) atoms. The van der Waals surface area contributed by atoms with Crippen molar-refractivity contribution in [1.29, 1.82) is 0 Å². The van der Waals surface area contributed by atoms with Crippen LogP contribution in [0.2, 0.25) is 0 Å². The number of phenolic OH excluding ortho intramolecular Hbond substituents is 1. The van der Waals surface area contributed by atoms with Crippen molar-refractivity contribution in [3.8, 4) is 23.0 Å². The minimum absolute atomic E-state index is 0.0791. The Kier molecular flexibility index (Phi) is 7.82. The number of phenols is 1. The molecule has 0 aliphatic carbocycles. The van der Waals surface area contributed by atoms with Crippen LogP contribution >= 0.6 is 0 Å². The second-order valence-corrected chi connectivity index (χ2v) is 7.77. The van der Waals surface area contributed by atoms with Crippen molar-refractivity contribution in [2.24, 2.45) is 5.10 Å². The van der Waals surface area contributed by atoms with E-state index in [1.807, 2.05) is 0 Å². The maximum Gasteiger partial charge on any atom is 0.315 e. The summed E-state index contributed by atoms with van der Waals surface area (Å²) in [5.41, 5.74) is 2.66. The Balaban J connectivity index is 1.58. The lowest BCUT2D eigenvalue weighted by atomic mass is 10.1. The van der Waals surface area contributed by atoms with Gasteiger partial charge < -0.3 is 24.6 Å². The van der Waals surface area contributed by atoms with Crippen LogP contribution in [0.1, 0.15) is 28.4 Å². The summed E-state index contributed by atoms with van der Waals surface area (Å²) in [5, 5.41) is 27.7. The first kappa shape index (κ1) is 25.7. The highest BCUT2D eigenvalue weighted by atomic mass is 16.7. The highest BCUT2D eigenvalue weighted by Crippen LogP contribution is 2.36. The summed E-state index contributed by atoms with van der Waals surface area (Å²) in [6.45, 7) is 1.90. The highest BCUT2D eigenvalue weighted by molar-refractivity contribution is 6.05. The van der Waals surface area contributed by atoms with Crippen molar-refractivity contribution in [3.63, 3.8) is 0 Å². The van der Waals surface area contributed by atoms with Crippen LogP contribution in [0, 0.1) is 10.1 Å². The summed E-state index contributed by atoms with van der Waals surface area (Å²) >= 11 is 0. The summed E-state index contributed by atoms with van der Waals surface area (Å²) in [7, 11) is 0. The molecule has 0 radical (unpaired) electrons. The Morgan fingerprint density at radius 3 is 2.61 bits per heavy atom. The van der Waals surface area contributed by atoms with Crippen molar-refractivity contribution < 1.29 is 33.8 Å². The number of carbonyl (C=O) groups is 2. The van der Waals surface area contributed by atoms with Crippen LogP contribution in [0.25, 0.3) is 6.08 Å². The molecule has 0 bridgehead atoms. The highest BCUT2D eigenvalue weighted by Gasteiger charge is 2.20. The molecule has 0 fully saturated rings. The predicted octanol–water partition coefficient (Wildman–Crippen LogP) is 3.35. The van der Waals surface area contributed by atoms with E-state index in [0.717, 1.165) is 12.3 Å². The molecule has 0 saturated carbocycles. The standard InChI is InChI=1S/C26H22N4O8/c1-2-36-23-13-17(11-20(24(23)31)30(34)35)14-27-29-26(33)19(28-25(32)18-6-4-3-5-7-18)10-16-8-9-21-22(12-16)38-15-37-21/h3-14,31H,2,15H2,1H3,(H,28,32)(H,29,33)/b19-10?,27-14+. The number of carbonyl (C=O) groups excluding carboxylic acids is 2. The first-order valence-corrected chi connectivity index (χ1v) is 11.3. The SMILES string of the molecule is CCOc1cc(/C=N/NC(=O)C(=Cc2ccc3c(c2)OCO3)NC(=O)c2ccccc2)cc([N+](=O)[O-])c1O. The fourth-order valence-electron chi connectivity index (χ4n) is 3.43.